The first-order valence-electron chi connectivity index (χ1n) is 13.8. The van der Waals surface area contributed by atoms with Crippen LogP contribution in [-0.4, -0.2) is 64.8 Å². The van der Waals surface area contributed by atoms with Gasteiger partial charge in [0.25, 0.3) is 15.9 Å². The lowest BCUT2D eigenvalue weighted by Crippen LogP contribution is -2.45. The van der Waals surface area contributed by atoms with Gasteiger partial charge in [-0.15, -0.1) is 0 Å². The molecule has 1 fully saturated rings. The minimum atomic E-state index is -4.02. The molecule has 0 radical (unpaired) electrons. The van der Waals surface area contributed by atoms with Crippen LogP contribution in [0, 0.1) is 0 Å². The second-order valence-electron chi connectivity index (χ2n) is 9.85. The van der Waals surface area contributed by atoms with Crippen molar-refractivity contribution < 1.29 is 27.5 Å². The van der Waals surface area contributed by atoms with Crippen LogP contribution in [0.4, 0.5) is 10.5 Å². The number of benzene rings is 2. The topological polar surface area (TPSA) is 155 Å². The van der Waals surface area contributed by atoms with Gasteiger partial charge in [-0.05, 0) is 54.8 Å². The van der Waals surface area contributed by atoms with E-state index in [9.17, 15) is 22.8 Å². The summed E-state index contributed by atoms with van der Waals surface area (Å²) in [4.78, 5) is 36.8. The van der Waals surface area contributed by atoms with Crippen LogP contribution in [0.3, 0.4) is 0 Å². The number of methoxy groups -OCH3 is 1. The van der Waals surface area contributed by atoms with Crippen molar-refractivity contribution in [2.45, 2.75) is 55.9 Å². The van der Waals surface area contributed by atoms with Crippen LogP contribution >= 0.6 is 24.2 Å². The third-order valence-electron chi connectivity index (χ3n) is 6.70. The van der Waals surface area contributed by atoms with E-state index in [2.05, 4.69) is 38.6 Å². The van der Waals surface area contributed by atoms with Crippen molar-refractivity contribution in [2.24, 2.45) is 0 Å². The molecule has 0 spiro atoms. The Labute approximate surface area is 257 Å². The number of ether oxygens (including phenoxy) is 1. The molecule has 2 aromatic rings. The average molecular weight is 640 g/mol. The van der Waals surface area contributed by atoms with Crippen LogP contribution in [0.2, 0.25) is 5.02 Å². The number of halogens is 1. The fourth-order valence-corrected chi connectivity index (χ4v) is 5.93. The Kier molecular flexibility index (Phi) is 13.1. The maximum Gasteiger partial charge on any atom is 0.328 e. The summed E-state index contributed by atoms with van der Waals surface area (Å²) in [6.07, 6.45) is 5.61. The van der Waals surface area contributed by atoms with Gasteiger partial charge in [0.2, 0.25) is 5.91 Å². The predicted molar refractivity (Wildman–Crippen MR) is 166 cm³/mol. The monoisotopic (exact) mass is 639 g/mol. The highest BCUT2D eigenvalue weighted by Gasteiger charge is 2.21. The molecule has 1 aliphatic rings. The number of hydrogen-bond acceptors (Lipinski definition) is 8. The number of anilines is 1. The van der Waals surface area contributed by atoms with E-state index in [-0.39, 0.29) is 29.0 Å². The Morgan fingerprint density at radius 3 is 2.38 bits per heavy atom. The van der Waals surface area contributed by atoms with Gasteiger partial charge in [-0.1, -0.05) is 43.0 Å². The third-order valence-corrected chi connectivity index (χ3v) is 8.49. The number of thiol groups is 1. The van der Waals surface area contributed by atoms with E-state index in [0.717, 1.165) is 37.7 Å². The molecule has 42 heavy (non-hydrogen) atoms. The molecular weight excluding hydrogens is 602 g/mol. The molecule has 0 aromatic heterocycles. The Morgan fingerprint density at radius 1 is 1.00 bits per heavy atom. The molecule has 2 aromatic carbocycles. The van der Waals surface area contributed by atoms with Crippen molar-refractivity contribution in [3.8, 4) is 5.75 Å². The molecule has 1 saturated carbocycles. The first kappa shape index (κ1) is 33.3. The van der Waals surface area contributed by atoms with Gasteiger partial charge in [0, 0.05) is 37.1 Å². The highest BCUT2D eigenvalue weighted by Crippen LogP contribution is 2.32. The molecule has 0 unspecified atom stereocenters. The zero-order valence-electron chi connectivity index (χ0n) is 23.5. The zero-order valence-corrected chi connectivity index (χ0v) is 26.0. The van der Waals surface area contributed by atoms with Crippen LogP contribution in [0.15, 0.2) is 41.3 Å². The summed E-state index contributed by atoms with van der Waals surface area (Å²) in [5, 5.41) is 11.8. The Hall–Kier alpha value is -3.16. The molecule has 0 bridgehead atoms. The van der Waals surface area contributed by atoms with Gasteiger partial charge >= 0.3 is 6.03 Å². The quantitative estimate of drug-likeness (QED) is 0.137. The first-order chi connectivity index (χ1) is 20.1. The van der Waals surface area contributed by atoms with Crippen LogP contribution < -0.4 is 30.7 Å². The van der Waals surface area contributed by atoms with E-state index in [1.165, 1.54) is 25.3 Å². The second kappa shape index (κ2) is 16.5. The number of rotatable bonds is 14. The lowest BCUT2D eigenvalue weighted by molar-refractivity contribution is -0.120. The predicted octanol–water partition coefficient (Wildman–Crippen LogP) is 3.49. The van der Waals surface area contributed by atoms with Crippen LogP contribution in [-0.2, 0) is 21.2 Å². The van der Waals surface area contributed by atoms with E-state index in [1.807, 2.05) is 0 Å². The highest BCUT2D eigenvalue weighted by atomic mass is 35.5. The number of nitrogens with one attached hydrogen (secondary N) is 5. The summed E-state index contributed by atoms with van der Waals surface area (Å²) in [5.41, 5.74) is 1.54. The molecule has 4 amide bonds. The Bertz CT molecular complexity index is 1340. The lowest BCUT2D eigenvalue weighted by Gasteiger charge is -2.22. The normalized spacial score (nSPS) is 13.6. The summed E-state index contributed by atoms with van der Waals surface area (Å²) in [5.74, 6) is 0.278. The van der Waals surface area contributed by atoms with Gasteiger partial charge < -0.3 is 26.0 Å². The van der Waals surface area contributed by atoms with E-state index in [4.69, 9.17) is 16.3 Å². The van der Waals surface area contributed by atoms with Crippen LogP contribution in [0.1, 0.15) is 54.4 Å². The molecule has 0 heterocycles. The van der Waals surface area contributed by atoms with E-state index in [1.54, 1.807) is 18.2 Å². The fraction of sp³-hybridized carbons (Fsp3) is 0.464. The smallest absolute Gasteiger partial charge is 0.328 e. The van der Waals surface area contributed by atoms with Gasteiger partial charge in [0.15, 0.2) is 5.75 Å². The summed E-state index contributed by atoms with van der Waals surface area (Å²) in [6, 6.07) is 8.53. The van der Waals surface area contributed by atoms with Crippen molar-refractivity contribution in [1.82, 2.24) is 20.7 Å². The van der Waals surface area contributed by atoms with E-state index in [0.29, 0.717) is 48.1 Å². The molecule has 14 heteroatoms. The van der Waals surface area contributed by atoms with Crippen molar-refractivity contribution >= 4 is 57.8 Å². The summed E-state index contributed by atoms with van der Waals surface area (Å²) < 4.78 is 32.8. The molecule has 0 saturated heterocycles. The molecule has 3 rings (SSSR count). The molecule has 11 nitrogen and oxygen atoms in total. The van der Waals surface area contributed by atoms with Crippen molar-refractivity contribution in [2.75, 3.05) is 37.8 Å². The number of urea groups is 1. The largest absolute Gasteiger partial charge is 0.494 e. The highest BCUT2D eigenvalue weighted by molar-refractivity contribution is 7.90. The molecule has 0 atom stereocenters. The number of carbonyl (C=O) groups is 3. The van der Waals surface area contributed by atoms with Crippen LogP contribution in [0.25, 0.3) is 0 Å². The van der Waals surface area contributed by atoms with Gasteiger partial charge in [0.1, 0.15) is 0 Å². The number of sulfonamides is 1. The van der Waals surface area contributed by atoms with Gasteiger partial charge in [0.05, 0.1) is 23.3 Å². The molecule has 230 valence electrons. The maximum atomic E-state index is 13.0. The Balaban J connectivity index is 1.52. The first-order valence-corrected chi connectivity index (χ1v) is 16.3. The average Bonchev–Trinajstić information content (AvgIpc) is 2.95. The van der Waals surface area contributed by atoms with Gasteiger partial charge in [-0.3, -0.25) is 9.59 Å². The van der Waals surface area contributed by atoms with Crippen LogP contribution in [0.5, 0.6) is 5.75 Å². The zero-order chi connectivity index (χ0) is 30.5. The fourth-order valence-electron chi connectivity index (χ4n) is 4.60. The maximum absolute atomic E-state index is 13.0. The van der Waals surface area contributed by atoms with Crippen molar-refractivity contribution in [1.29, 1.82) is 0 Å². The second-order valence-corrected chi connectivity index (χ2v) is 12.4. The minimum absolute atomic E-state index is 0.0106. The Morgan fingerprint density at radius 2 is 1.71 bits per heavy atom. The third kappa shape index (κ3) is 10.3. The van der Waals surface area contributed by atoms with E-state index < -0.39 is 22.0 Å². The van der Waals surface area contributed by atoms with E-state index >= 15 is 0 Å². The molecule has 5 N–H and O–H groups in total. The molecule has 1 aliphatic carbocycles. The standard InChI is InChI=1S/C28H38ClN5O6S2/c1-40-26-23(17-20(29)18-24(26)30-14-15-31-25(35)12-16-41)27(36)32-13-11-19-7-9-22(10-8-19)42(38,39)34-28(37)33-21-5-3-2-4-6-21/h7-10,17-18,21,30,41H,2-6,11-16H2,1H3,(H,31,35)(H,32,36)(H2,33,34,37). The van der Waals surface area contributed by atoms with Gasteiger partial charge in [-0.2, -0.15) is 12.6 Å². The number of carbonyl (C=O) groups excluding carboxylic acids is 3. The molecule has 0 aliphatic heterocycles. The summed E-state index contributed by atoms with van der Waals surface area (Å²) >= 11 is 10.3. The minimum Gasteiger partial charge on any atom is -0.494 e. The van der Waals surface area contributed by atoms with Crippen molar-refractivity contribution in [3.05, 3.63) is 52.5 Å². The summed E-state index contributed by atoms with van der Waals surface area (Å²) in [7, 11) is -2.57. The SMILES string of the molecule is COc1c(NCCNC(=O)CCS)cc(Cl)cc1C(=O)NCCc1ccc(S(=O)(=O)NC(=O)NC2CCCCC2)cc1. The molecular formula is C28H38ClN5O6S2. The van der Waals surface area contributed by atoms with Crippen molar-refractivity contribution in [3.63, 3.8) is 0 Å². The van der Waals surface area contributed by atoms with Gasteiger partial charge in [-0.25, -0.2) is 17.9 Å². The summed E-state index contributed by atoms with van der Waals surface area (Å²) in [6.45, 7) is 1.03. The number of amides is 4. The lowest BCUT2D eigenvalue weighted by atomic mass is 9.96. The number of hydrogen-bond donors (Lipinski definition) is 6.